The maximum absolute atomic E-state index is 12.3. The second kappa shape index (κ2) is 7.11. The van der Waals surface area contributed by atoms with E-state index in [0.717, 1.165) is 6.42 Å². The van der Waals surface area contributed by atoms with Crippen molar-refractivity contribution in [2.24, 2.45) is 0 Å². The van der Waals surface area contributed by atoms with Gasteiger partial charge in [-0.2, -0.15) is 0 Å². The van der Waals surface area contributed by atoms with E-state index in [4.69, 9.17) is 5.11 Å². The van der Waals surface area contributed by atoms with Crippen LogP contribution in [0.4, 0.5) is 10.5 Å². The minimum Gasteiger partial charge on any atom is -0.481 e. The van der Waals surface area contributed by atoms with E-state index in [1.807, 2.05) is 45.0 Å². The number of carboxylic acid groups (broad SMARTS) is 1. The molecule has 0 saturated heterocycles. The molecule has 5 nitrogen and oxygen atoms in total. The number of carbonyl (C=O) groups excluding carboxylic acids is 1. The summed E-state index contributed by atoms with van der Waals surface area (Å²) in [6, 6.07) is 7.36. The molecule has 0 unspecified atom stereocenters. The molecule has 116 valence electrons. The molecular formula is C16H24N2O3. The number of aliphatic carboxylic acids is 1. The lowest BCUT2D eigenvalue weighted by Gasteiger charge is -2.35. The van der Waals surface area contributed by atoms with Crippen LogP contribution in [0.3, 0.4) is 0 Å². The number of rotatable bonds is 5. The van der Waals surface area contributed by atoms with Crippen LogP contribution in [0, 0.1) is 0 Å². The van der Waals surface area contributed by atoms with Crippen LogP contribution in [-0.4, -0.2) is 34.1 Å². The van der Waals surface area contributed by atoms with Crippen LogP contribution < -0.4 is 5.32 Å². The lowest BCUT2D eigenvalue weighted by molar-refractivity contribution is -0.137. The van der Waals surface area contributed by atoms with E-state index in [2.05, 4.69) is 12.2 Å². The molecule has 0 aliphatic carbocycles. The zero-order valence-electron chi connectivity index (χ0n) is 13.1. The first-order valence-electron chi connectivity index (χ1n) is 7.13. The van der Waals surface area contributed by atoms with Gasteiger partial charge >= 0.3 is 12.0 Å². The second-order valence-corrected chi connectivity index (χ2v) is 5.95. The van der Waals surface area contributed by atoms with Gasteiger partial charge in [0.15, 0.2) is 0 Å². The summed E-state index contributed by atoms with van der Waals surface area (Å²) < 4.78 is 0. The first-order chi connectivity index (χ1) is 9.74. The maximum Gasteiger partial charge on any atom is 0.322 e. The Morgan fingerprint density at radius 2 is 1.76 bits per heavy atom. The van der Waals surface area contributed by atoms with E-state index in [9.17, 15) is 9.59 Å². The van der Waals surface area contributed by atoms with Crippen LogP contribution in [0.1, 0.15) is 39.7 Å². The van der Waals surface area contributed by atoms with Crippen molar-refractivity contribution < 1.29 is 14.7 Å². The van der Waals surface area contributed by atoms with E-state index in [0.29, 0.717) is 5.69 Å². The molecule has 0 atom stereocenters. The highest BCUT2D eigenvalue weighted by atomic mass is 16.4. The first kappa shape index (κ1) is 17.0. The zero-order chi connectivity index (χ0) is 16.0. The van der Waals surface area contributed by atoms with Gasteiger partial charge in [0.2, 0.25) is 0 Å². The SMILES string of the molecule is CCc1ccc(NC(=O)N(CCC(=O)O)C(C)(C)C)cc1. The predicted octanol–water partition coefficient (Wildman–Crippen LogP) is 3.36. The Hall–Kier alpha value is -2.04. The number of hydrogen-bond acceptors (Lipinski definition) is 2. The Balaban J connectivity index is 2.77. The topological polar surface area (TPSA) is 69.6 Å². The van der Waals surface area contributed by atoms with Crippen molar-refractivity contribution in [3.63, 3.8) is 0 Å². The molecule has 0 heterocycles. The molecule has 0 aromatic heterocycles. The molecule has 0 radical (unpaired) electrons. The van der Waals surface area contributed by atoms with Crippen LogP contribution in [0.5, 0.6) is 0 Å². The van der Waals surface area contributed by atoms with Crippen LogP contribution in [0.25, 0.3) is 0 Å². The summed E-state index contributed by atoms with van der Waals surface area (Å²) in [6.07, 6.45) is 0.875. The third-order valence-electron chi connectivity index (χ3n) is 3.22. The third kappa shape index (κ3) is 5.45. The van der Waals surface area contributed by atoms with Crippen molar-refractivity contribution in [2.75, 3.05) is 11.9 Å². The number of nitrogens with one attached hydrogen (secondary N) is 1. The van der Waals surface area contributed by atoms with Crippen molar-refractivity contribution in [2.45, 2.75) is 46.1 Å². The van der Waals surface area contributed by atoms with Gasteiger partial charge < -0.3 is 15.3 Å². The van der Waals surface area contributed by atoms with Crippen molar-refractivity contribution in [3.8, 4) is 0 Å². The van der Waals surface area contributed by atoms with Gasteiger partial charge in [-0.05, 0) is 44.9 Å². The summed E-state index contributed by atoms with van der Waals surface area (Å²) in [4.78, 5) is 24.6. The number of hydrogen-bond donors (Lipinski definition) is 2. The van der Waals surface area contributed by atoms with Crippen LogP contribution in [-0.2, 0) is 11.2 Å². The standard InChI is InChI=1S/C16H24N2O3/c1-5-12-6-8-13(9-7-12)17-15(21)18(16(2,3)4)11-10-14(19)20/h6-9H,5,10-11H2,1-4H3,(H,17,21)(H,19,20). The number of aryl methyl sites for hydroxylation is 1. The van der Waals surface area contributed by atoms with E-state index < -0.39 is 11.5 Å². The number of anilines is 1. The Labute approximate surface area is 126 Å². The van der Waals surface area contributed by atoms with Crippen molar-refractivity contribution in [1.82, 2.24) is 4.90 Å². The number of benzene rings is 1. The summed E-state index contributed by atoms with van der Waals surface area (Å²) in [5.41, 5.74) is 1.47. The fraction of sp³-hybridized carbons (Fsp3) is 0.500. The molecule has 21 heavy (non-hydrogen) atoms. The Kier molecular flexibility index (Phi) is 5.76. The summed E-state index contributed by atoms with van der Waals surface area (Å²) in [5, 5.41) is 11.6. The van der Waals surface area contributed by atoms with Gasteiger partial charge in [0, 0.05) is 17.8 Å². The van der Waals surface area contributed by atoms with Gasteiger partial charge in [0.25, 0.3) is 0 Å². The fourth-order valence-corrected chi connectivity index (χ4v) is 1.96. The predicted molar refractivity (Wildman–Crippen MR) is 83.6 cm³/mol. The van der Waals surface area contributed by atoms with E-state index in [-0.39, 0.29) is 19.0 Å². The molecule has 0 aliphatic heterocycles. The molecule has 2 amide bonds. The maximum atomic E-state index is 12.3. The molecule has 0 saturated carbocycles. The highest BCUT2D eigenvalue weighted by Crippen LogP contribution is 2.17. The van der Waals surface area contributed by atoms with Gasteiger partial charge in [0.1, 0.15) is 0 Å². The smallest absolute Gasteiger partial charge is 0.322 e. The highest BCUT2D eigenvalue weighted by Gasteiger charge is 2.26. The number of carbonyl (C=O) groups is 2. The Morgan fingerprint density at radius 3 is 2.19 bits per heavy atom. The number of nitrogens with zero attached hydrogens (tertiary/aromatic N) is 1. The minimum absolute atomic E-state index is 0.0700. The zero-order valence-corrected chi connectivity index (χ0v) is 13.1. The number of amides is 2. The van der Waals surface area contributed by atoms with Crippen molar-refractivity contribution in [1.29, 1.82) is 0 Å². The largest absolute Gasteiger partial charge is 0.481 e. The van der Waals surface area contributed by atoms with Crippen LogP contribution >= 0.6 is 0 Å². The van der Waals surface area contributed by atoms with E-state index in [1.165, 1.54) is 10.5 Å². The van der Waals surface area contributed by atoms with Gasteiger partial charge in [-0.25, -0.2) is 4.79 Å². The van der Waals surface area contributed by atoms with Crippen molar-refractivity contribution in [3.05, 3.63) is 29.8 Å². The summed E-state index contributed by atoms with van der Waals surface area (Å²) in [7, 11) is 0. The van der Waals surface area contributed by atoms with Gasteiger partial charge in [-0.15, -0.1) is 0 Å². The lowest BCUT2D eigenvalue weighted by atomic mass is 10.1. The number of carboxylic acids is 1. The van der Waals surface area contributed by atoms with Gasteiger partial charge in [-0.1, -0.05) is 19.1 Å². The monoisotopic (exact) mass is 292 g/mol. The lowest BCUT2D eigenvalue weighted by Crippen LogP contribution is -2.48. The normalized spacial score (nSPS) is 11.0. The molecule has 2 N–H and O–H groups in total. The first-order valence-corrected chi connectivity index (χ1v) is 7.13. The van der Waals surface area contributed by atoms with Crippen LogP contribution in [0.15, 0.2) is 24.3 Å². The fourth-order valence-electron chi connectivity index (χ4n) is 1.96. The quantitative estimate of drug-likeness (QED) is 0.874. The Bertz CT molecular complexity index is 489. The van der Waals surface area contributed by atoms with E-state index in [1.54, 1.807) is 0 Å². The molecule has 5 heteroatoms. The molecule has 1 aromatic carbocycles. The average Bonchev–Trinajstić information content (AvgIpc) is 2.37. The molecule has 1 aromatic rings. The molecule has 0 spiro atoms. The summed E-state index contributed by atoms with van der Waals surface area (Å²) >= 11 is 0. The highest BCUT2D eigenvalue weighted by molar-refractivity contribution is 5.90. The summed E-state index contributed by atoms with van der Waals surface area (Å²) in [5.74, 6) is -0.913. The molecule has 0 bridgehead atoms. The molecule has 0 fully saturated rings. The van der Waals surface area contributed by atoms with Crippen LogP contribution in [0.2, 0.25) is 0 Å². The second-order valence-electron chi connectivity index (χ2n) is 5.95. The average molecular weight is 292 g/mol. The van der Waals surface area contributed by atoms with Gasteiger partial charge in [0.05, 0.1) is 6.42 Å². The van der Waals surface area contributed by atoms with E-state index >= 15 is 0 Å². The summed E-state index contributed by atoms with van der Waals surface area (Å²) in [6.45, 7) is 7.90. The molecule has 0 aliphatic rings. The van der Waals surface area contributed by atoms with Gasteiger partial charge in [-0.3, -0.25) is 4.79 Å². The molecular weight excluding hydrogens is 268 g/mol. The minimum atomic E-state index is -0.913. The molecule has 1 rings (SSSR count). The third-order valence-corrected chi connectivity index (χ3v) is 3.22. The number of urea groups is 1. The Morgan fingerprint density at radius 1 is 1.19 bits per heavy atom. The van der Waals surface area contributed by atoms with Crippen molar-refractivity contribution >= 4 is 17.7 Å².